The molecule has 1 amide bonds. The lowest BCUT2D eigenvalue weighted by Crippen LogP contribution is -2.31. The molecule has 5 rings (SSSR count). The highest BCUT2D eigenvalue weighted by molar-refractivity contribution is 6.08. The van der Waals surface area contributed by atoms with Crippen molar-refractivity contribution < 1.29 is 18.7 Å². The molecule has 4 aromatic rings. The first-order chi connectivity index (χ1) is 16.9. The number of nitrogens with one attached hydrogen (secondary N) is 1. The SMILES string of the molecule is CC(OC(=O)c1c2c(nc3ccccc13)/C(=C/c1ccco1)CC2)C(=O)Nc1ccnn1C(C)C. The molecule has 8 heteroatoms. The Labute approximate surface area is 202 Å². The Morgan fingerprint density at radius 3 is 2.71 bits per heavy atom. The van der Waals surface area contributed by atoms with Gasteiger partial charge in [0.05, 0.1) is 29.2 Å². The molecule has 0 saturated heterocycles. The minimum Gasteiger partial charge on any atom is -0.465 e. The van der Waals surface area contributed by atoms with Crippen molar-refractivity contribution in [3.05, 3.63) is 77.5 Å². The summed E-state index contributed by atoms with van der Waals surface area (Å²) < 4.78 is 12.8. The fraction of sp³-hybridized carbons (Fsp3) is 0.259. The van der Waals surface area contributed by atoms with Gasteiger partial charge in [0, 0.05) is 17.5 Å². The van der Waals surface area contributed by atoms with E-state index >= 15 is 0 Å². The molecule has 0 radical (unpaired) electrons. The predicted molar refractivity (Wildman–Crippen MR) is 133 cm³/mol. The molecule has 1 aromatic carbocycles. The lowest BCUT2D eigenvalue weighted by atomic mass is 10.0. The van der Waals surface area contributed by atoms with Crippen molar-refractivity contribution in [1.82, 2.24) is 14.8 Å². The summed E-state index contributed by atoms with van der Waals surface area (Å²) in [5.74, 6) is 0.321. The zero-order valence-electron chi connectivity index (χ0n) is 19.8. The van der Waals surface area contributed by atoms with Gasteiger partial charge in [-0.3, -0.25) is 4.79 Å². The lowest BCUT2D eigenvalue weighted by molar-refractivity contribution is -0.123. The number of anilines is 1. The highest BCUT2D eigenvalue weighted by Crippen LogP contribution is 2.38. The van der Waals surface area contributed by atoms with Gasteiger partial charge >= 0.3 is 5.97 Å². The Morgan fingerprint density at radius 2 is 1.94 bits per heavy atom. The van der Waals surface area contributed by atoms with Crippen LogP contribution in [0.5, 0.6) is 0 Å². The monoisotopic (exact) mass is 470 g/mol. The van der Waals surface area contributed by atoms with Crippen molar-refractivity contribution in [1.29, 1.82) is 0 Å². The molecule has 0 spiro atoms. The number of nitrogens with zero attached hydrogens (tertiary/aromatic N) is 3. The van der Waals surface area contributed by atoms with E-state index in [2.05, 4.69) is 10.4 Å². The smallest absolute Gasteiger partial charge is 0.339 e. The summed E-state index contributed by atoms with van der Waals surface area (Å²) in [6, 6.07) is 13.0. The summed E-state index contributed by atoms with van der Waals surface area (Å²) in [5, 5.41) is 7.73. The van der Waals surface area contributed by atoms with Gasteiger partial charge in [0.1, 0.15) is 11.6 Å². The first-order valence-corrected chi connectivity index (χ1v) is 11.6. The highest BCUT2D eigenvalue weighted by atomic mass is 16.5. The molecule has 1 aliphatic carbocycles. The second-order valence-corrected chi connectivity index (χ2v) is 8.81. The first-order valence-electron chi connectivity index (χ1n) is 11.6. The normalized spacial score (nSPS) is 14.9. The van der Waals surface area contributed by atoms with Gasteiger partial charge in [0.15, 0.2) is 6.10 Å². The number of ether oxygens (including phenoxy) is 1. The molecule has 3 heterocycles. The number of pyridine rings is 1. The number of carbonyl (C=O) groups is 2. The number of esters is 1. The molecule has 1 aliphatic rings. The van der Waals surface area contributed by atoms with Crippen molar-refractivity contribution in [2.45, 2.75) is 45.8 Å². The van der Waals surface area contributed by atoms with Gasteiger partial charge in [-0.2, -0.15) is 5.10 Å². The van der Waals surface area contributed by atoms with Crippen LogP contribution in [0.15, 0.2) is 59.3 Å². The van der Waals surface area contributed by atoms with Gasteiger partial charge in [-0.05, 0) is 69.0 Å². The lowest BCUT2D eigenvalue weighted by Gasteiger charge is -2.17. The number of rotatable bonds is 6. The van der Waals surface area contributed by atoms with Gasteiger partial charge in [-0.1, -0.05) is 18.2 Å². The average molecular weight is 471 g/mol. The largest absolute Gasteiger partial charge is 0.465 e. The number of carbonyl (C=O) groups excluding carboxylic acids is 2. The van der Waals surface area contributed by atoms with E-state index in [0.29, 0.717) is 28.7 Å². The number of benzene rings is 1. The van der Waals surface area contributed by atoms with Crippen molar-refractivity contribution in [2.24, 2.45) is 0 Å². The Morgan fingerprint density at radius 1 is 1.11 bits per heavy atom. The number of hydrogen-bond acceptors (Lipinski definition) is 6. The fourth-order valence-corrected chi connectivity index (χ4v) is 4.38. The van der Waals surface area contributed by atoms with Gasteiger partial charge in [-0.15, -0.1) is 0 Å². The summed E-state index contributed by atoms with van der Waals surface area (Å²) in [5.41, 5.74) is 3.76. The molecule has 0 saturated carbocycles. The summed E-state index contributed by atoms with van der Waals surface area (Å²) in [6.07, 6.45) is 5.58. The highest BCUT2D eigenvalue weighted by Gasteiger charge is 2.29. The fourth-order valence-electron chi connectivity index (χ4n) is 4.38. The molecule has 3 aromatic heterocycles. The molecule has 1 unspecified atom stereocenters. The van der Waals surface area contributed by atoms with E-state index in [4.69, 9.17) is 14.1 Å². The topological polar surface area (TPSA) is 99.2 Å². The third-order valence-corrected chi connectivity index (χ3v) is 6.07. The van der Waals surface area contributed by atoms with Crippen molar-refractivity contribution in [2.75, 3.05) is 5.32 Å². The second kappa shape index (κ2) is 9.21. The Kier molecular flexibility index (Phi) is 5.94. The standard InChI is InChI=1S/C27H26N4O4/c1-16(2)31-23(12-13-28-31)30-26(32)17(3)35-27(33)24-20-8-4-5-9-22(20)29-25-18(10-11-21(24)25)15-19-7-6-14-34-19/h4-9,12-17H,10-11H2,1-3H3,(H,30,32)/b18-15+. The van der Waals surface area contributed by atoms with Crippen LogP contribution in [0.4, 0.5) is 5.82 Å². The Bertz CT molecular complexity index is 1430. The first kappa shape index (κ1) is 22.6. The van der Waals surface area contributed by atoms with Gasteiger partial charge in [-0.25, -0.2) is 14.5 Å². The Balaban J connectivity index is 1.45. The van der Waals surface area contributed by atoms with Crippen LogP contribution >= 0.6 is 0 Å². The third kappa shape index (κ3) is 4.35. The van der Waals surface area contributed by atoms with Crippen LogP contribution in [0.2, 0.25) is 0 Å². The number of amides is 1. The molecule has 35 heavy (non-hydrogen) atoms. The molecule has 1 atom stereocenters. The number of para-hydroxylation sites is 1. The van der Waals surface area contributed by atoms with E-state index in [1.54, 1.807) is 30.1 Å². The second-order valence-electron chi connectivity index (χ2n) is 8.81. The number of hydrogen-bond donors (Lipinski definition) is 1. The summed E-state index contributed by atoms with van der Waals surface area (Å²) in [4.78, 5) is 31.1. The summed E-state index contributed by atoms with van der Waals surface area (Å²) in [6.45, 7) is 5.50. The maximum absolute atomic E-state index is 13.4. The van der Waals surface area contributed by atoms with Gasteiger partial charge in [0.25, 0.3) is 5.91 Å². The van der Waals surface area contributed by atoms with Crippen LogP contribution in [0.1, 0.15) is 60.6 Å². The molecular weight excluding hydrogens is 444 g/mol. The van der Waals surface area contributed by atoms with Crippen molar-refractivity contribution in [3.63, 3.8) is 0 Å². The Hall–Kier alpha value is -4.20. The maximum Gasteiger partial charge on any atom is 0.339 e. The zero-order valence-corrected chi connectivity index (χ0v) is 19.8. The number of fused-ring (bicyclic) bond motifs is 2. The number of allylic oxidation sites excluding steroid dienone is 1. The minimum atomic E-state index is -1.000. The van der Waals surface area contributed by atoms with Crippen LogP contribution in [0.3, 0.4) is 0 Å². The van der Waals surface area contributed by atoms with Crippen LogP contribution in [0.25, 0.3) is 22.6 Å². The molecule has 8 nitrogen and oxygen atoms in total. The van der Waals surface area contributed by atoms with Crippen LogP contribution in [0, 0.1) is 0 Å². The van der Waals surface area contributed by atoms with E-state index in [1.165, 1.54) is 0 Å². The molecule has 0 aliphatic heterocycles. The van der Waals surface area contributed by atoms with Crippen LogP contribution < -0.4 is 5.32 Å². The number of aromatic nitrogens is 3. The van der Waals surface area contributed by atoms with Gasteiger partial charge in [0.2, 0.25) is 0 Å². The summed E-state index contributed by atoms with van der Waals surface area (Å²) in [7, 11) is 0. The molecule has 0 bridgehead atoms. The van der Waals surface area contributed by atoms with Crippen LogP contribution in [-0.4, -0.2) is 32.7 Å². The zero-order chi connectivity index (χ0) is 24.5. The number of furan rings is 1. The quantitative estimate of drug-likeness (QED) is 0.385. The van der Waals surface area contributed by atoms with E-state index in [9.17, 15) is 9.59 Å². The van der Waals surface area contributed by atoms with E-state index in [0.717, 1.165) is 29.0 Å². The molecular formula is C27H26N4O4. The maximum atomic E-state index is 13.4. The molecule has 0 fully saturated rings. The molecule has 178 valence electrons. The predicted octanol–water partition coefficient (Wildman–Crippen LogP) is 5.28. The summed E-state index contributed by atoms with van der Waals surface area (Å²) >= 11 is 0. The van der Waals surface area contributed by atoms with E-state index in [1.807, 2.05) is 56.3 Å². The minimum absolute atomic E-state index is 0.0763. The van der Waals surface area contributed by atoms with E-state index < -0.39 is 18.0 Å². The van der Waals surface area contributed by atoms with Gasteiger partial charge < -0.3 is 14.5 Å². The van der Waals surface area contributed by atoms with Crippen molar-refractivity contribution >= 4 is 40.2 Å². The van der Waals surface area contributed by atoms with E-state index in [-0.39, 0.29) is 6.04 Å². The average Bonchev–Trinajstić information content (AvgIpc) is 3.60. The van der Waals surface area contributed by atoms with Crippen molar-refractivity contribution in [3.8, 4) is 0 Å². The van der Waals surface area contributed by atoms with Crippen LogP contribution in [-0.2, 0) is 16.0 Å². The molecule has 1 N–H and O–H groups in total. The third-order valence-electron chi connectivity index (χ3n) is 6.07.